The van der Waals surface area contributed by atoms with E-state index in [0.717, 1.165) is 17.0 Å². The maximum absolute atomic E-state index is 12.3. The third-order valence-electron chi connectivity index (χ3n) is 4.71. The predicted octanol–water partition coefficient (Wildman–Crippen LogP) is 3.13. The fourth-order valence-electron chi connectivity index (χ4n) is 2.91. The van der Waals surface area contributed by atoms with Gasteiger partial charge in [-0.1, -0.05) is 11.2 Å². The average molecular weight is 423 g/mol. The van der Waals surface area contributed by atoms with Gasteiger partial charge < -0.3 is 25.0 Å². The van der Waals surface area contributed by atoms with E-state index >= 15 is 0 Å². The lowest BCUT2D eigenvalue weighted by atomic mass is 10.2. The van der Waals surface area contributed by atoms with Crippen molar-refractivity contribution >= 4 is 11.8 Å². The highest BCUT2D eigenvalue weighted by atomic mass is 16.5. The van der Waals surface area contributed by atoms with E-state index in [9.17, 15) is 14.7 Å². The van der Waals surface area contributed by atoms with E-state index in [-0.39, 0.29) is 17.6 Å². The number of nitrogens with one attached hydrogen (secondary N) is 2. The van der Waals surface area contributed by atoms with E-state index in [1.54, 1.807) is 36.4 Å². The van der Waals surface area contributed by atoms with E-state index in [1.165, 1.54) is 12.1 Å². The number of hydrogen-bond donors (Lipinski definition) is 3. The van der Waals surface area contributed by atoms with Gasteiger partial charge in [0.05, 0.1) is 11.3 Å². The Labute approximate surface area is 180 Å². The highest BCUT2D eigenvalue weighted by Gasteiger charge is 2.10. The minimum Gasteiger partial charge on any atom is -0.508 e. The molecular formula is C23H25N3O5. The van der Waals surface area contributed by atoms with Gasteiger partial charge in [0.2, 0.25) is 0 Å². The number of hydrogen-bond acceptors (Lipinski definition) is 6. The van der Waals surface area contributed by atoms with Crippen LogP contribution in [0.2, 0.25) is 0 Å². The maximum Gasteiger partial charge on any atom is 0.251 e. The first-order chi connectivity index (χ1) is 14.9. The zero-order valence-electron chi connectivity index (χ0n) is 17.5. The predicted molar refractivity (Wildman–Crippen MR) is 114 cm³/mol. The Bertz CT molecular complexity index is 1020. The minimum absolute atomic E-state index is 0.0417. The van der Waals surface area contributed by atoms with E-state index in [2.05, 4.69) is 15.8 Å². The van der Waals surface area contributed by atoms with Gasteiger partial charge in [-0.2, -0.15) is 0 Å². The number of amides is 2. The Balaban J connectivity index is 1.38. The summed E-state index contributed by atoms with van der Waals surface area (Å²) in [5, 5.41) is 18.9. The van der Waals surface area contributed by atoms with Crippen LogP contribution in [-0.4, -0.2) is 35.2 Å². The Kier molecular flexibility index (Phi) is 7.26. The number of carbonyl (C=O) groups excluding carboxylic acids is 2. The normalized spacial score (nSPS) is 10.5. The van der Waals surface area contributed by atoms with Crippen molar-refractivity contribution in [1.29, 1.82) is 0 Å². The number of phenols is 1. The molecule has 2 amide bonds. The van der Waals surface area contributed by atoms with Crippen molar-refractivity contribution < 1.29 is 24.0 Å². The largest absolute Gasteiger partial charge is 0.508 e. The lowest BCUT2D eigenvalue weighted by molar-refractivity contribution is 0.0951. The molecule has 0 spiro atoms. The molecule has 2 aromatic carbocycles. The second kappa shape index (κ2) is 10.3. The average Bonchev–Trinajstić information content (AvgIpc) is 3.09. The summed E-state index contributed by atoms with van der Waals surface area (Å²) < 4.78 is 10.9. The summed E-state index contributed by atoms with van der Waals surface area (Å²) >= 11 is 0. The van der Waals surface area contributed by atoms with Crippen LogP contribution in [0.25, 0.3) is 0 Å². The molecule has 8 heteroatoms. The van der Waals surface area contributed by atoms with Crippen LogP contribution in [0.5, 0.6) is 11.5 Å². The molecule has 1 heterocycles. The summed E-state index contributed by atoms with van der Waals surface area (Å²) in [7, 11) is 0. The van der Waals surface area contributed by atoms with Crippen LogP contribution in [0, 0.1) is 13.8 Å². The molecule has 0 aliphatic rings. The van der Waals surface area contributed by atoms with Gasteiger partial charge in [0.25, 0.3) is 11.8 Å². The van der Waals surface area contributed by atoms with E-state index in [4.69, 9.17) is 9.26 Å². The summed E-state index contributed by atoms with van der Waals surface area (Å²) in [5.74, 6) is 0.948. The van der Waals surface area contributed by atoms with Gasteiger partial charge in [0.1, 0.15) is 23.9 Å². The lowest BCUT2D eigenvalue weighted by Crippen LogP contribution is -2.29. The van der Waals surface area contributed by atoms with Gasteiger partial charge in [-0.05, 0) is 62.7 Å². The van der Waals surface area contributed by atoms with Crippen molar-refractivity contribution in [2.75, 3.05) is 13.1 Å². The van der Waals surface area contributed by atoms with Crippen LogP contribution in [0.4, 0.5) is 0 Å². The molecule has 3 N–H and O–H groups in total. The topological polar surface area (TPSA) is 114 Å². The highest BCUT2D eigenvalue weighted by molar-refractivity contribution is 5.95. The number of aryl methyl sites for hydroxylation is 2. The zero-order chi connectivity index (χ0) is 22.2. The van der Waals surface area contributed by atoms with Crippen molar-refractivity contribution in [2.45, 2.75) is 26.9 Å². The quantitative estimate of drug-likeness (QED) is 0.456. The van der Waals surface area contributed by atoms with E-state index < -0.39 is 0 Å². The molecule has 8 nitrogen and oxygen atoms in total. The maximum atomic E-state index is 12.3. The van der Waals surface area contributed by atoms with Crippen molar-refractivity contribution in [3.63, 3.8) is 0 Å². The molecule has 0 fully saturated rings. The fraction of sp³-hybridized carbons (Fsp3) is 0.261. The van der Waals surface area contributed by atoms with Crippen molar-refractivity contribution in [1.82, 2.24) is 15.8 Å². The van der Waals surface area contributed by atoms with Crippen LogP contribution in [-0.2, 0) is 6.61 Å². The molecule has 31 heavy (non-hydrogen) atoms. The second-order valence-corrected chi connectivity index (χ2v) is 7.03. The van der Waals surface area contributed by atoms with Crippen LogP contribution in [0.1, 0.15) is 44.2 Å². The molecule has 0 radical (unpaired) electrons. The standard InChI is InChI=1S/C23H25N3O5/c1-15-21(16(2)31-26-15)14-30-20-9-7-17(8-10-20)22(28)24-11-4-12-25-23(29)18-5-3-6-19(27)13-18/h3,5-10,13,27H,4,11-12,14H2,1-2H3,(H,24,28)(H,25,29). The Morgan fingerprint density at radius 3 is 2.29 bits per heavy atom. The van der Waals surface area contributed by atoms with Crippen LogP contribution in [0.3, 0.4) is 0 Å². The highest BCUT2D eigenvalue weighted by Crippen LogP contribution is 2.18. The number of phenolic OH excluding ortho intramolecular Hbond substituents is 1. The fourth-order valence-corrected chi connectivity index (χ4v) is 2.91. The van der Waals surface area contributed by atoms with E-state index in [0.29, 0.717) is 43.0 Å². The lowest BCUT2D eigenvalue weighted by Gasteiger charge is -2.09. The molecule has 0 aliphatic heterocycles. The zero-order valence-corrected chi connectivity index (χ0v) is 17.5. The van der Waals surface area contributed by atoms with Crippen molar-refractivity contribution in [3.05, 3.63) is 76.7 Å². The molecule has 162 valence electrons. The molecule has 3 aromatic rings. The Morgan fingerprint density at radius 1 is 1.00 bits per heavy atom. The molecule has 0 saturated carbocycles. The van der Waals surface area contributed by atoms with Gasteiger partial charge in [-0.25, -0.2) is 0 Å². The van der Waals surface area contributed by atoms with Gasteiger partial charge in [0, 0.05) is 24.2 Å². The SMILES string of the molecule is Cc1noc(C)c1COc1ccc(C(=O)NCCCNC(=O)c2cccc(O)c2)cc1. The summed E-state index contributed by atoms with van der Waals surface area (Å²) in [5.41, 5.74) is 2.62. The number of benzene rings is 2. The molecule has 0 aliphatic carbocycles. The number of rotatable bonds is 9. The Morgan fingerprint density at radius 2 is 1.68 bits per heavy atom. The number of aromatic nitrogens is 1. The molecule has 0 bridgehead atoms. The monoisotopic (exact) mass is 423 g/mol. The van der Waals surface area contributed by atoms with Crippen LogP contribution in [0.15, 0.2) is 53.1 Å². The first-order valence-electron chi connectivity index (χ1n) is 9.94. The summed E-state index contributed by atoms with van der Waals surface area (Å²) in [6, 6.07) is 13.0. The molecule has 0 saturated heterocycles. The van der Waals surface area contributed by atoms with Crippen molar-refractivity contribution in [3.8, 4) is 11.5 Å². The van der Waals surface area contributed by atoms with Crippen LogP contribution >= 0.6 is 0 Å². The number of carbonyl (C=O) groups is 2. The minimum atomic E-state index is -0.269. The van der Waals surface area contributed by atoms with Gasteiger partial charge in [-0.15, -0.1) is 0 Å². The smallest absolute Gasteiger partial charge is 0.251 e. The summed E-state index contributed by atoms with van der Waals surface area (Å²) in [4.78, 5) is 24.2. The molecular weight excluding hydrogens is 398 g/mol. The van der Waals surface area contributed by atoms with E-state index in [1.807, 2.05) is 13.8 Å². The van der Waals surface area contributed by atoms with Gasteiger partial charge >= 0.3 is 0 Å². The van der Waals surface area contributed by atoms with Crippen LogP contribution < -0.4 is 15.4 Å². The number of aromatic hydroxyl groups is 1. The van der Waals surface area contributed by atoms with Gasteiger partial charge in [-0.3, -0.25) is 9.59 Å². The Hall–Kier alpha value is -3.81. The molecule has 1 aromatic heterocycles. The van der Waals surface area contributed by atoms with Gasteiger partial charge in [0.15, 0.2) is 0 Å². The number of nitrogens with zero attached hydrogens (tertiary/aromatic N) is 1. The third kappa shape index (κ3) is 6.08. The molecule has 3 rings (SSSR count). The van der Waals surface area contributed by atoms with Crippen molar-refractivity contribution in [2.24, 2.45) is 0 Å². The summed E-state index contributed by atoms with van der Waals surface area (Å²) in [6.07, 6.45) is 0.578. The summed E-state index contributed by atoms with van der Waals surface area (Å²) in [6.45, 7) is 4.87. The third-order valence-corrected chi connectivity index (χ3v) is 4.71. The second-order valence-electron chi connectivity index (χ2n) is 7.03. The molecule has 0 atom stereocenters. The molecule has 0 unspecified atom stereocenters. The number of ether oxygens (including phenoxy) is 1. The first-order valence-corrected chi connectivity index (χ1v) is 9.94. The first kappa shape index (κ1) is 21.9.